The summed E-state index contributed by atoms with van der Waals surface area (Å²) in [6, 6.07) is 13.8. The van der Waals surface area contributed by atoms with Crippen molar-refractivity contribution in [2.45, 2.75) is 0 Å². The highest BCUT2D eigenvalue weighted by molar-refractivity contribution is 5.90. The first kappa shape index (κ1) is 12.7. The summed E-state index contributed by atoms with van der Waals surface area (Å²) < 4.78 is 5.10. The minimum Gasteiger partial charge on any atom is -0.497 e. The Labute approximate surface area is 110 Å². The average Bonchev–Trinajstić information content (AvgIpc) is 2.46. The molecule has 0 radical (unpaired) electrons. The van der Waals surface area contributed by atoms with Crippen molar-refractivity contribution >= 4 is 5.97 Å². The van der Waals surface area contributed by atoms with Gasteiger partial charge in [-0.3, -0.25) is 0 Å². The summed E-state index contributed by atoms with van der Waals surface area (Å²) in [6.45, 7) is 0. The zero-order valence-electron chi connectivity index (χ0n) is 10.3. The molecule has 2 rings (SSSR count). The normalized spacial score (nSPS) is 9.68. The van der Waals surface area contributed by atoms with Crippen LogP contribution in [0.5, 0.6) is 5.75 Å². The van der Waals surface area contributed by atoms with Crippen molar-refractivity contribution in [2.75, 3.05) is 7.11 Å². The van der Waals surface area contributed by atoms with E-state index in [1.165, 1.54) is 13.2 Å². The van der Waals surface area contributed by atoms with E-state index in [-0.39, 0.29) is 5.56 Å². The lowest BCUT2D eigenvalue weighted by molar-refractivity contribution is 0.0696. The number of nitriles is 1. The quantitative estimate of drug-likeness (QED) is 0.912. The molecule has 0 heterocycles. The van der Waals surface area contributed by atoms with Gasteiger partial charge < -0.3 is 9.84 Å². The summed E-state index contributed by atoms with van der Waals surface area (Å²) in [5.74, 6) is -0.547. The molecule has 0 unspecified atom stereocenters. The lowest BCUT2D eigenvalue weighted by Crippen LogP contribution is -1.98. The van der Waals surface area contributed by atoms with Gasteiger partial charge in [0.25, 0.3) is 0 Å². The molecule has 4 nitrogen and oxygen atoms in total. The Morgan fingerprint density at radius 2 is 2.00 bits per heavy atom. The number of rotatable bonds is 3. The highest BCUT2D eigenvalue weighted by atomic mass is 16.5. The summed E-state index contributed by atoms with van der Waals surface area (Å²) in [5, 5.41) is 18.0. The maximum atomic E-state index is 11.1. The molecule has 0 saturated carbocycles. The van der Waals surface area contributed by atoms with Crippen molar-refractivity contribution in [1.82, 2.24) is 0 Å². The summed E-state index contributed by atoms with van der Waals surface area (Å²) in [7, 11) is 1.48. The van der Waals surface area contributed by atoms with E-state index in [1.54, 1.807) is 30.3 Å². The molecular formula is C15H11NO3. The lowest BCUT2D eigenvalue weighted by Gasteiger charge is -2.07. The molecule has 0 saturated heterocycles. The minimum atomic E-state index is -1.02. The Bertz CT molecular complexity index is 671. The van der Waals surface area contributed by atoms with E-state index in [9.17, 15) is 4.79 Å². The van der Waals surface area contributed by atoms with Crippen LogP contribution in [0.1, 0.15) is 15.9 Å². The predicted octanol–water partition coefficient (Wildman–Crippen LogP) is 2.93. The third-order valence-corrected chi connectivity index (χ3v) is 2.71. The zero-order valence-corrected chi connectivity index (χ0v) is 10.3. The maximum Gasteiger partial charge on any atom is 0.335 e. The molecular weight excluding hydrogens is 242 g/mol. The molecule has 0 aromatic heterocycles. The van der Waals surface area contributed by atoms with Crippen LogP contribution in [-0.4, -0.2) is 18.2 Å². The molecule has 1 N–H and O–H groups in total. The molecule has 0 aliphatic carbocycles. The Balaban J connectivity index is 2.57. The van der Waals surface area contributed by atoms with Crippen LogP contribution >= 0.6 is 0 Å². The number of nitrogens with zero attached hydrogens (tertiary/aromatic N) is 1. The Morgan fingerprint density at radius 3 is 2.63 bits per heavy atom. The van der Waals surface area contributed by atoms with Crippen LogP contribution in [-0.2, 0) is 0 Å². The number of benzene rings is 2. The van der Waals surface area contributed by atoms with Crippen LogP contribution in [0.25, 0.3) is 11.1 Å². The number of hydrogen-bond acceptors (Lipinski definition) is 3. The van der Waals surface area contributed by atoms with Gasteiger partial charge >= 0.3 is 5.97 Å². The molecule has 0 bridgehead atoms. The van der Waals surface area contributed by atoms with Crippen LogP contribution in [0.2, 0.25) is 0 Å². The second-order valence-corrected chi connectivity index (χ2v) is 3.95. The van der Waals surface area contributed by atoms with Crippen LogP contribution in [0.3, 0.4) is 0 Å². The molecule has 0 fully saturated rings. The molecule has 4 heteroatoms. The second-order valence-electron chi connectivity index (χ2n) is 3.95. The average molecular weight is 253 g/mol. The number of methoxy groups -OCH3 is 1. The van der Waals surface area contributed by atoms with E-state index in [2.05, 4.69) is 6.07 Å². The monoisotopic (exact) mass is 253 g/mol. The van der Waals surface area contributed by atoms with Gasteiger partial charge in [-0.2, -0.15) is 5.26 Å². The fourth-order valence-corrected chi connectivity index (χ4v) is 1.78. The molecule has 94 valence electrons. The molecule has 19 heavy (non-hydrogen) atoms. The first-order chi connectivity index (χ1) is 9.13. The third-order valence-electron chi connectivity index (χ3n) is 2.71. The van der Waals surface area contributed by atoms with Crippen molar-refractivity contribution in [3.8, 4) is 22.9 Å². The van der Waals surface area contributed by atoms with Crippen LogP contribution in [0.15, 0.2) is 42.5 Å². The van der Waals surface area contributed by atoms with Crippen LogP contribution in [0.4, 0.5) is 0 Å². The summed E-state index contributed by atoms with van der Waals surface area (Å²) in [4.78, 5) is 11.1. The number of carbonyl (C=O) groups is 1. The van der Waals surface area contributed by atoms with Crippen molar-refractivity contribution in [2.24, 2.45) is 0 Å². The van der Waals surface area contributed by atoms with Gasteiger partial charge in [-0.15, -0.1) is 0 Å². The molecule has 0 amide bonds. The first-order valence-electron chi connectivity index (χ1n) is 5.57. The van der Waals surface area contributed by atoms with Crippen molar-refractivity contribution in [1.29, 1.82) is 5.26 Å². The third kappa shape index (κ3) is 2.72. The smallest absolute Gasteiger partial charge is 0.335 e. The molecule has 0 atom stereocenters. The van der Waals surface area contributed by atoms with Gasteiger partial charge in [0.2, 0.25) is 0 Å². The fourth-order valence-electron chi connectivity index (χ4n) is 1.78. The van der Waals surface area contributed by atoms with E-state index in [0.29, 0.717) is 16.9 Å². The minimum absolute atomic E-state index is 0.150. The maximum absolute atomic E-state index is 11.1. The van der Waals surface area contributed by atoms with Crippen LogP contribution in [0, 0.1) is 11.3 Å². The predicted molar refractivity (Wildman–Crippen MR) is 70.1 cm³/mol. The van der Waals surface area contributed by atoms with Gasteiger partial charge in [-0.05, 0) is 41.5 Å². The number of ether oxygens (including phenoxy) is 1. The Hall–Kier alpha value is -2.80. The summed E-state index contributed by atoms with van der Waals surface area (Å²) in [5.41, 5.74) is 2.16. The van der Waals surface area contributed by atoms with E-state index < -0.39 is 5.97 Å². The van der Waals surface area contributed by atoms with E-state index >= 15 is 0 Å². The SMILES string of the molecule is COc1cc(C(=O)O)cc(-c2cccc(C#N)c2)c1. The largest absolute Gasteiger partial charge is 0.497 e. The second kappa shape index (κ2) is 5.23. The summed E-state index contributed by atoms with van der Waals surface area (Å²) >= 11 is 0. The number of carboxylic acid groups (broad SMARTS) is 1. The molecule has 0 aliphatic rings. The molecule has 0 spiro atoms. The van der Waals surface area contributed by atoms with Gasteiger partial charge in [0, 0.05) is 0 Å². The zero-order chi connectivity index (χ0) is 13.8. The van der Waals surface area contributed by atoms with Crippen molar-refractivity contribution in [3.63, 3.8) is 0 Å². The first-order valence-corrected chi connectivity index (χ1v) is 5.57. The molecule has 0 aliphatic heterocycles. The van der Waals surface area contributed by atoms with Gasteiger partial charge in [-0.1, -0.05) is 12.1 Å². The topological polar surface area (TPSA) is 70.3 Å². The van der Waals surface area contributed by atoms with Gasteiger partial charge in [-0.25, -0.2) is 4.79 Å². The Morgan fingerprint density at radius 1 is 1.21 bits per heavy atom. The Kier molecular flexibility index (Phi) is 3.48. The van der Waals surface area contributed by atoms with Crippen molar-refractivity contribution < 1.29 is 14.6 Å². The molecule has 2 aromatic rings. The number of aromatic carboxylic acids is 1. The number of hydrogen-bond donors (Lipinski definition) is 1. The number of carboxylic acids is 1. The standard InChI is InChI=1S/C15H11NO3/c1-19-14-7-12(6-13(8-14)15(17)18)11-4-2-3-10(5-11)9-16/h2-8H,1H3,(H,17,18). The molecule has 2 aromatic carbocycles. The van der Waals surface area contributed by atoms with E-state index in [4.69, 9.17) is 15.1 Å². The van der Waals surface area contributed by atoms with E-state index in [1.807, 2.05) is 6.07 Å². The highest BCUT2D eigenvalue weighted by Gasteiger charge is 2.09. The van der Waals surface area contributed by atoms with E-state index in [0.717, 1.165) is 5.56 Å². The van der Waals surface area contributed by atoms with Crippen molar-refractivity contribution in [3.05, 3.63) is 53.6 Å². The van der Waals surface area contributed by atoms with Crippen LogP contribution < -0.4 is 4.74 Å². The van der Waals surface area contributed by atoms with Gasteiger partial charge in [0.1, 0.15) is 5.75 Å². The van der Waals surface area contributed by atoms with Gasteiger partial charge in [0.15, 0.2) is 0 Å². The summed E-state index contributed by atoms with van der Waals surface area (Å²) in [6.07, 6.45) is 0. The van der Waals surface area contributed by atoms with Gasteiger partial charge in [0.05, 0.1) is 24.3 Å². The fraction of sp³-hybridized carbons (Fsp3) is 0.0667. The lowest BCUT2D eigenvalue weighted by atomic mass is 10.0. The highest BCUT2D eigenvalue weighted by Crippen LogP contribution is 2.26.